The Morgan fingerprint density at radius 2 is 1.85 bits per heavy atom. The third kappa shape index (κ3) is 4.20. The summed E-state index contributed by atoms with van der Waals surface area (Å²) in [6.07, 6.45) is 5.88. The van der Waals surface area contributed by atoms with E-state index < -0.39 is 0 Å². The van der Waals surface area contributed by atoms with E-state index >= 15 is 0 Å². The highest BCUT2D eigenvalue weighted by molar-refractivity contribution is 7.21. The maximum absolute atomic E-state index is 13.0. The molecule has 2 aliphatic heterocycles. The fourth-order valence-electron chi connectivity index (χ4n) is 5.29. The second-order valence-electron chi connectivity index (χ2n) is 9.63. The summed E-state index contributed by atoms with van der Waals surface area (Å²) < 4.78 is 0. The average Bonchev–Trinajstić information content (AvgIpc) is 3.55. The molecule has 3 aliphatic rings. The zero-order valence-electron chi connectivity index (χ0n) is 19.1. The normalized spacial score (nSPS) is 22.0. The number of piperazine rings is 1. The van der Waals surface area contributed by atoms with Crippen molar-refractivity contribution in [3.05, 3.63) is 52.5 Å². The maximum atomic E-state index is 13.0. The molecule has 4 heterocycles. The number of carbonyl (C=O) groups is 1. The van der Waals surface area contributed by atoms with Crippen LogP contribution < -0.4 is 20.9 Å². The molecule has 1 amide bonds. The number of nitrogens with one attached hydrogen (secondary N) is 3. The zero-order chi connectivity index (χ0) is 22.4. The van der Waals surface area contributed by atoms with Crippen molar-refractivity contribution >= 4 is 38.8 Å². The van der Waals surface area contributed by atoms with Gasteiger partial charge in [0.2, 0.25) is 0 Å². The summed E-state index contributed by atoms with van der Waals surface area (Å²) in [5.41, 5.74) is 4.60. The Labute approximate surface area is 198 Å². The zero-order valence-corrected chi connectivity index (χ0v) is 19.9. The molecule has 6 rings (SSSR count). The molecule has 0 spiro atoms. The summed E-state index contributed by atoms with van der Waals surface area (Å²) in [4.78, 5) is 22.0. The van der Waals surface area contributed by atoms with Crippen molar-refractivity contribution < 1.29 is 4.79 Å². The van der Waals surface area contributed by atoms with Crippen LogP contribution in [-0.4, -0.2) is 49.7 Å². The van der Waals surface area contributed by atoms with E-state index in [2.05, 4.69) is 57.2 Å². The van der Waals surface area contributed by atoms with Crippen LogP contribution in [0.3, 0.4) is 0 Å². The van der Waals surface area contributed by atoms with E-state index in [-0.39, 0.29) is 5.91 Å². The first kappa shape index (κ1) is 20.9. The predicted molar refractivity (Wildman–Crippen MR) is 136 cm³/mol. The molecule has 3 N–H and O–H groups in total. The fourth-order valence-corrected chi connectivity index (χ4v) is 6.39. The number of amides is 1. The average molecular weight is 462 g/mol. The van der Waals surface area contributed by atoms with Crippen LogP contribution in [0.2, 0.25) is 0 Å². The van der Waals surface area contributed by atoms with Gasteiger partial charge in [0.1, 0.15) is 9.71 Å². The van der Waals surface area contributed by atoms with Gasteiger partial charge in [-0.05, 0) is 61.9 Å². The van der Waals surface area contributed by atoms with Crippen molar-refractivity contribution in [1.82, 2.24) is 15.6 Å². The van der Waals surface area contributed by atoms with Crippen molar-refractivity contribution in [2.24, 2.45) is 0 Å². The molecule has 2 atom stereocenters. The predicted octanol–water partition coefficient (Wildman–Crippen LogP) is 4.13. The van der Waals surface area contributed by atoms with Gasteiger partial charge in [-0.25, -0.2) is 4.98 Å². The number of rotatable bonds is 7. The molecule has 2 saturated heterocycles. The highest BCUT2D eigenvalue weighted by Crippen LogP contribution is 2.42. The number of carbonyl (C=O) groups excluding carboxylic acids is 1. The van der Waals surface area contributed by atoms with E-state index in [9.17, 15) is 4.79 Å². The van der Waals surface area contributed by atoms with Crippen molar-refractivity contribution in [2.75, 3.05) is 36.9 Å². The Hall–Kier alpha value is -2.64. The van der Waals surface area contributed by atoms with E-state index in [0.717, 1.165) is 46.0 Å². The Balaban J connectivity index is 1.08. The highest BCUT2D eigenvalue weighted by Gasteiger charge is 2.32. The van der Waals surface area contributed by atoms with Crippen molar-refractivity contribution in [3.63, 3.8) is 0 Å². The van der Waals surface area contributed by atoms with Crippen LogP contribution in [0.25, 0.3) is 10.2 Å². The minimum Gasteiger partial charge on any atom is -0.386 e. The third-order valence-corrected chi connectivity index (χ3v) is 8.34. The van der Waals surface area contributed by atoms with Crippen LogP contribution in [0, 0.1) is 0 Å². The van der Waals surface area contributed by atoms with Gasteiger partial charge in [-0.2, -0.15) is 0 Å². The van der Waals surface area contributed by atoms with E-state index in [4.69, 9.17) is 4.98 Å². The SMILES string of the molecule is CNc1c(C(=O)NCCc2ccc(N3C[C@H]4CC[C@@H](C3)N4)cc2)sc2nc(C3CC3)ccc12. The number of hydrogen-bond acceptors (Lipinski definition) is 6. The number of hydrogen-bond donors (Lipinski definition) is 3. The molecule has 0 unspecified atom stereocenters. The first-order valence-electron chi connectivity index (χ1n) is 12.2. The Morgan fingerprint density at radius 3 is 2.55 bits per heavy atom. The Bertz CT molecular complexity index is 1160. The number of aromatic nitrogens is 1. The van der Waals surface area contributed by atoms with Gasteiger partial charge in [0.15, 0.2) is 0 Å². The Kier molecular flexibility index (Phi) is 5.46. The maximum Gasteiger partial charge on any atom is 0.263 e. The summed E-state index contributed by atoms with van der Waals surface area (Å²) in [5.74, 6) is 0.586. The summed E-state index contributed by atoms with van der Waals surface area (Å²) in [6, 6.07) is 14.4. The van der Waals surface area contributed by atoms with E-state index in [1.54, 1.807) is 0 Å². The third-order valence-electron chi connectivity index (χ3n) is 7.25. The summed E-state index contributed by atoms with van der Waals surface area (Å²) >= 11 is 1.49. The molecule has 2 bridgehead atoms. The highest BCUT2D eigenvalue weighted by atomic mass is 32.1. The molecule has 3 aromatic rings. The van der Waals surface area contributed by atoms with Crippen LogP contribution in [0.15, 0.2) is 36.4 Å². The molecule has 7 heteroatoms. The quantitative estimate of drug-likeness (QED) is 0.494. The smallest absolute Gasteiger partial charge is 0.263 e. The minimum atomic E-state index is -0.0248. The molecule has 3 fully saturated rings. The van der Waals surface area contributed by atoms with Gasteiger partial charge in [-0.3, -0.25) is 4.79 Å². The standard InChI is InChI=1S/C26H31N5OS/c1-27-23-21-10-11-22(17-4-5-17)30-26(21)33-24(23)25(32)28-13-12-16-2-8-20(9-3-16)31-14-18-6-7-19(15-31)29-18/h2-3,8-11,17-19,27,29H,4-7,12-15H2,1H3,(H,28,32)/t18-,19+. The monoisotopic (exact) mass is 461 g/mol. The lowest BCUT2D eigenvalue weighted by Crippen LogP contribution is -2.51. The lowest BCUT2D eigenvalue weighted by Gasteiger charge is -2.34. The van der Waals surface area contributed by atoms with Gasteiger partial charge < -0.3 is 20.9 Å². The molecule has 33 heavy (non-hydrogen) atoms. The molecular formula is C26H31N5OS. The van der Waals surface area contributed by atoms with Gasteiger partial charge in [0.25, 0.3) is 5.91 Å². The van der Waals surface area contributed by atoms with Crippen molar-refractivity contribution in [1.29, 1.82) is 0 Å². The number of thiophene rings is 1. The minimum absolute atomic E-state index is 0.0248. The van der Waals surface area contributed by atoms with Crippen LogP contribution in [0.4, 0.5) is 11.4 Å². The largest absolute Gasteiger partial charge is 0.386 e. The number of pyridine rings is 1. The molecule has 6 nitrogen and oxygen atoms in total. The lowest BCUT2D eigenvalue weighted by atomic mass is 10.1. The first-order valence-corrected chi connectivity index (χ1v) is 13.0. The molecule has 172 valence electrons. The Morgan fingerprint density at radius 1 is 1.09 bits per heavy atom. The van der Waals surface area contributed by atoms with E-state index in [1.807, 2.05) is 7.05 Å². The molecular weight excluding hydrogens is 430 g/mol. The van der Waals surface area contributed by atoms with Crippen LogP contribution in [0.1, 0.15) is 52.5 Å². The fraction of sp³-hybridized carbons (Fsp3) is 0.462. The van der Waals surface area contributed by atoms with Crippen molar-refractivity contribution in [3.8, 4) is 0 Å². The molecule has 2 aromatic heterocycles. The van der Waals surface area contributed by atoms with Gasteiger partial charge in [0, 0.05) is 61.5 Å². The van der Waals surface area contributed by atoms with Gasteiger partial charge >= 0.3 is 0 Å². The van der Waals surface area contributed by atoms with Gasteiger partial charge in [-0.1, -0.05) is 12.1 Å². The van der Waals surface area contributed by atoms with Crippen LogP contribution >= 0.6 is 11.3 Å². The van der Waals surface area contributed by atoms with Gasteiger partial charge in [0.05, 0.1) is 5.69 Å². The topological polar surface area (TPSA) is 69.3 Å². The molecule has 1 aliphatic carbocycles. The second-order valence-corrected chi connectivity index (χ2v) is 10.6. The summed E-state index contributed by atoms with van der Waals surface area (Å²) in [7, 11) is 1.87. The molecule has 1 saturated carbocycles. The van der Waals surface area contributed by atoms with Crippen LogP contribution in [-0.2, 0) is 6.42 Å². The first-order chi connectivity index (χ1) is 16.2. The van der Waals surface area contributed by atoms with Crippen LogP contribution in [0.5, 0.6) is 0 Å². The molecule has 1 aromatic carbocycles. The molecule has 0 radical (unpaired) electrons. The number of benzene rings is 1. The number of anilines is 2. The van der Waals surface area contributed by atoms with E-state index in [1.165, 1.54) is 48.3 Å². The second kappa shape index (κ2) is 8.61. The van der Waals surface area contributed by atoms with Gasteiger partial charge in [-0.15, -0.1) is 11.3 Å². The van der Waals surface area contributed by atoms with E-state index in [0.29, 0.717) is 24.5 Å². The summed E-state index contributed by atoms with van der Waals surface area (Å²) in [5, 5.41) is 11.1. The summed E-state index contributed by atoms with van der Waals surface area (Å²) in [6.45, 7) is 2.83. The number of fused-ring (bicyclic) bond motifs is 3. The lowest BCUT2D eigenvalue weighted by molar-refractivity contribution is 0.0959. The number of nitrogens with zero attached hydrogens (tertiary/aromatic N) is 2. The van der Waals surface area contributed by atoms with Crippen molar-refractivity contribution in [2.45, 2.75) is 50.1 Å².